The molecule has 4 nitrogen and oxygen atoms in total. The van der Waals surface area contributed by atoms with Gasteiger partial charge in [0.1, 0.15) is 6.04 Å². The fourth-order valence-electron chi connectivity index (χ4n) is 3.08. The van der Waals surface area contributed by atoms with Crippen LogP contribution in [-0.2, 0) is 22.6 Å². The molecular weight excluding hydrogens is 443 g/mol. The molecule has 2 aromatic carbocycles. The summed E-state index contributed by atoms with van der Waals surface area (Å²) in [6.45, 7) is 6.74. The zero-order valence-electron chi connectivity index (χ0n) is 17.4. The number of rotatable bonds is 9. The van der Waals surface area contributed by atoms with E-state index in [2.05, 4.69) is 5.32 Å². The fraction of sp³-hybridized carbons (Fsp3) is 0.391. The molecule has 30 heavy (non-hydrogen) atoms. The van der Waals surface area contributed by atoms with Gasteiger partial charge in [-0.25, -0.2) is 0 Å². The number of halogens is 3. The van der Waals surface area contributed by atoms with Gasteiger partial charge < -0.3 is 10.2 Å². The highest BCUT2D eigenvalue weighted by molar-refractivity contribution is 6.42. The number of amides is 2. The maximum atomic E-state index is 13.3. The summed E-state index contributed by atoms with van der Waals surface area (Å²) in [5.74, 6) is -0.0315. The van der Waals surface area contributed by atoms with Crippen LogP contribution >= 0.6 is 34.8 Å². The van der Waals surface area contributed by atoms with Crippen LogP contribution < -0.4 is 5.32 Å². The predicted molar refractivity (Wildman–Crippen MR) is 124 cm³/mol. The Morgan fingerprint density at radius 2 is 1.70 bits per heavy atom. The van der Waals surface area contributed by atoms with Crippen molar-refractivity contribution in [1.82, 2.24) is 10.2 Å². The lowest BCUT2D eigenvalue weighted by atomic mass is 10.1. The lowest BCUT2D eigenvalue weighted by Crippen LogP contribution is -2.50. The van der Waals surface area contributed by atoms with Gasteiger partial charge in [-0.15, -0.1) is 0 Å². The molecule has 0 bridgehead atoms. The Balaban J connectivity index is 2.30. The van der Waals surface area contributed by atoms with Crippen LogP contribution in [0.1, 0.15) is 38.3 Å². The summed E-state index contributed by atoms with van der Waals surface area (Å²) in [5.41, 5.74) is 1.52. The largest absolute Gasteiger partial charge is 0.354 e. The Morgan fingerprint density at radius 3 is 2.30 bits per heavy atom. The predicted octanol–water partition coefficient (Wildman–Crippen LogP) is 5.77. The molecule has 2 amide bonds. The molecule has 0 saturated carbocycles. The van der Waals surface area contributed by atoms with Gasteiger partial charge in [-0.2, -0.15) is 0 Å². The van der Waals surface area contributed by atoms with Crippen molar-refractivity contribution in [2.24, 2.45) is 5.92 Å². The molecule has 2 aromatic rings. The maximum absolute atomic E-state index is 13.3. The van der Waals surface area contributed by atoms with Gasteiger partial charge in [0, 0.05) is 18.1 Å². The van der Waals surface area contributed by atoms with Crippen molar-refractivity contribution in [2.75, 3.05) is 6.54 Å². The lowest BCUT2D eigenvalue weighted by Gasteiger charge is -2.31. The number of benzene rings is 2. The van der Waals surface area contributed by atoms with E-state index in [1.165, 1.54) is 0 Å². The molecule has 2 rings (SSSR count). The average molecular weight is 470 g/mol. The first-order valence-electron chi connectivity index (χ1n) is 9.97. The number of carbonyl (C=O) groups is 2. The standard InChI is InChI=1S/C23H27Cl3N2O2/c1-4-21(23(30)27-13-15(2)3)28(14-17-7-5-6-8-18(17)24)22(29)12-16-9-10-19(25)20(26)11-16/h5-11,15,21H,4,12-14H2,1-3H3,(H,27,30)/t21-/m0/s1. The van der Waals surface area contributed by atoms with Crippen LogP contribution in [0.15, 0.2) is 42.5 Å². The Hall–Kier alpha value is -1.75. The summed E-state index contributed by atoms with van der Waals surface area (Å²) in [5, 5.41) is 4.32. The molecule has 0 fully saturated rings. The molecule has 0 aliphatic rings. The van der Waals surface area contributed by atoms with Crippen LogP contribution in [0, 0.1) is 5.92 Å². The Bertz CT molecular complexity index is 887. The first kappa shape index (κ1) is 24.5. The van der Waals surface area contributed by atoms with Crippen LogP contribution in [-0.4, -0.2) is 29.3 Å². The summed E-state index contributed by atoms with van der Waals surface area (Å²) in [6.07, 6.45) is 0.594. The minimum Gasteiger partial charge on any atom is -0.354 e. The van der Waals surface area contributed by atoms with Crippen LogP contribution in [0.3, 0.4) is 0 Å². The van der Waals surface area contributed by atoms with Gasteiger partial charge in [0.25, 0.3) is 0 Å². The second kappa shape index (κ2) is 11.6. The summed E-state index contributed by atoms with van der Waals surface area (Å²) in [7, 11) is 0. The molecule has 0 aliphatic heterocycles. The van der Waals surface area contributed by atoms with Gasteiger partial charge in [-0.3, -0.25) is 9.59 Å². The average Bonchev–Trinajstić information content (AvgIpc) is 2.70. The highest BCUT2D eigenvalue weighted by Gasteiger charge is 2.29. The molecule has 0 radical (unpaired) electrons. The van der Waals surface area contributed by atoms with Crippen molar-refractivity contribution < 1.29 is 9.59 Å². The Morgan fingerprint density at radius 1 is 1.00 bits per heavy atom. The van der Waals surface area contributed by atoms with Crippen molar-refractivity contribution in [3.05, 3.63) is 68.7 Å². The summed E-state index contributed by atoms with van der Waals surface area (Å²) < 4.78 is 0. The van der Waals surface area contributed by atoms with Crippen LogP contribution in [0.4, 0.5) is 0 Å². The Kier molecular flexibility index (Phi) is 9.47. The third-order valence-electron chi connectivity index (χ3n) is 4.71. The van der Waals surface area contributed by atoms with Gasteiger partial charge in [0.2, 0.25) is 11.8 Å². The molecule has 0 saturated heterocycles. The highest BCUT2D eigenvalue weighted by atomic mass is 35.5. The SMILES string of the molecule is CC[C@@H](C(=O)NCC(C)C)N(Cc1ccccc1Cl)C(=O)Cc1ccc(Cl)c(Cl)c1. The monoisotopic (exact) mass is 468 g/mol. The normalized spacial score (nSPS) is 12.0. The van der Waals surface area contributed by atoms with Crippen molar-refractivity contribution in [1.29, 1.82) is 0 Å². The summed E-state index contributed by atoms with van der Waals surface area (Å²) in [4.78, 5) is 27.8. The van der Waals surface area contributed by atoms with E-state index < -0.39 is 6.04 Å². The molecule has 0 heterocycles. The van der Waals surface area contributed by atoms with Crippen molar-refractivity contribution >= 4 is 46.6 Å². The van der Waals surface area contributed by atoms with E-state index in [4.69, 9.17) is 34.8 Å². The number of nitrogens with zero attached hydrogens (tertiary/aromatic N) is 1. The quantitative estimate of drug-likeness (QED) is 0.507. The molecule has 0 unspecified atom stereocenters. The van der Waals surface area contributed by atoms with Crippen molar-refractivity contribution in [2.45, 2.75) is 46.2 Å². The molecule has 0 aromatic heterocycles. The smallest absolute Gasteiger partial charge is 0.242 e. The molecule has 162 valence electrons. The van der Waals surface area contributed by atoms with Gasteiger partial charge in [0.05, 0.1) is 16.5 Å². The minimum absolute atomic E-state index is 0.106. The van der Waals surface area contributed by atoms with Crippen LogP contribution in [0.2, 0.25) is 15.1 Å². The van der Waals surface area contributed by atoms with E-state index in [1.807, 2.05) is 39.0 Å². The molecule has 7 heteroatoms. The van der Waals surface area contributed by atoms with E-state index in [-0.39, 0.29) is 24.8 Å². The third kappa shape index (κ3) is 6.90. The van der Waals surface area contributed by atoms with Gasteiger partial charge >= 0.3 is 0 Å². The zero-order chi connectivity index (χ0) is 22.3. The lowest BCUT2D eigenvalue weighted by molar-refractivity contribution is -0.141. The van der Waals surface area contributed by atoms with E-state index in [1.54, 1.807) is 29.2 Å². The van der Waals surface area contributed by atoms with E-state index >= 15 is 0 Å². The minimum atomic E-state index is -0.602. The zero-order valence-corrected chi connectivity index (χ0v) is 19.7. The van der Waals surface area contributed by atoms with E-state index in [0.29, 0.717) is 34.0 Å². The maximum Gasteiger partial charge on any atom is 0.242 e. The van der Waals surface area contributed by atoms with Gasteiger partial charge in [0.15, 0.2) is 0 Å². The molecule has 1 atom stereocenters. The number of hydrogen-bond acceptors (Lipinski definition) is 2. The number of carbonyl (C=O) groups excluding carboxylic acids is 2. The molecule has 1 N–H and O–H groups in total. The van der Waals surface area contributed by atoms with Crippen molar-refractivity contribution in [3.63, 3.8) is 0 Å². The number of hydrogen-bond donors (Lipinski definition) is 1. The molecule has 0 aliphatic carbocycles. The second-order valence-electron chi connectivity index (χ2n) is 7.60. The highest BCUT2D eigenvalue weighted by Crippen LogP contribution is 2.24. The number of nitrogens with one attached hydrogen (secondary N) is 1. The van der Waals surface area contributed by atoms with Gasteiger partial charge in [-0.1, -0.05) is 79.8 Å². The second-order valence-corrected chi connectivity index (χ2v) is 8.82. The Labute approximate surface area is 193 Å². The van der Waals surface area contributed by atoms with E-state index in [9.17, 15) is 9.59 Å². The first-order valence-corrected chi connectivity index (χ1v) is 11.1. The van der Waals surface area contributed by atoms with Crippen molar-refractivity contribution in [3.8, 4) is 0 Å². The van der Waals surface area contributed by atoms with Crippen LogP contribution in [0.25, 0.3) is 0 Å². The molecule has 0 spiro atoms. The van der Waals surface area contributed by atoms with Crippen LogP contribution in [0.5, 0.6) is 0 Å². The first-order chi connectivity index (χ1) is 14.2. The van der Waals surface area contributed by atoms with Gasteiger partial charge in [-0.05, 0) is 41.7 Å². The topological polar surface area (TPSA) is 49.4 Å². The van der Waals surface area contributed by atoms with E-state index in [0.717, 1.165) is 11.1 Å². The third-order valence-corrected chi connectivity index (χ3v) is 5.82. The summed E-state index contributed by atoms with van der Waals surface area (Å²) >= 11 is 18.4. The molecular formula is C23H27Cl3N2O2. The summed E-state index contributed by atoms with van der Waals surface area (Å²) in [6, 6.07) is 11.8. The fourth-order valence-corrected chi connectivity index (χ4v) is 3.59.